The Labute approximate surface area is 140 Å². The van der Waals surface area contributed by atoms with Crippen LogP contribution in [0.25, 0.3) is 17.2 Å². The summed E-state index contributed by atoms with van der Waals surface area (Å²) >= 11 is 6.37. The summed E-state index contributed by atoms with van der Waals surface area (Å²) in [7, 11) is 1.54. The molecule has 2 aromatic carbocycles. The topological polar surface area (TPSA) is 26.3 Å². The van der Waals surface area contributed by atoms with E-state index in [1.54, 1.807) is 18.2 Å². The Morgan fingerprint density at radius 3 is 2.39 bits per heavy atom. The Kier molecular flexibility index (Phi) is 5.56. The number of benzene rings is 2. The van der Waals surface area contributed by atoms with Crippen LogP contribution in [0.1, 0.15) is 30.9 Å². The van der Waals surface area contributed by atoms with Crippen LogP contribution in [0.2, 0.25) is 5.02 Å². The van der Waals surface area contributed by atoms with E-state index in [1.807, 2.05) is 19.9 Å². The molecule has 0 aromatic heterocycles. The molecule has 0 spiro atoms. The van der Waals surface area contributed by atoms with Gasteiger partial charge in [0, 0.05) is 5.56 Å². The lowest BCUT2D eigenvalue weighted by atomic mass is 9.89. The first kappa shape index (κ1) is 17.2. The van der Waals surface area contributed by atoms with Crippen molar-refractivity contribution in [2.45, 2.75) is 19.8 Å². The highest BCUT2D eigenvalue weighted by Crippen LogP contribution is 2.43. The fourth-order valence-corrected chi connectivity index (χ4v) is 2.85. The largest absolute Gasteiger partial charge is 0.495 e. The monoisotopic (exact) mass is 332 g/mol. The number of methoxy groups -OCH3 is 1. The Morgan fingerprint density at radius 1 is 1.22 bits per heavy atom. The zero-order valence-corrected chi connectivity index (χ0v) is 14.0. The van der Waals surface area contributed by atoms with Crippen LogP contribution in [-0.4, -0.2) is 13.4 Å². The van der Waals surface area contributed by atoms with Crippen LogP contribution in [-0.2, 0) is 4.79 Å². The molecule has 0 aliphatic heterocycles. The minimum absolute atomic E-state index is 0.198. The maximum Gasteiger partial charge on any atom is 0.145 e. The van der Waals surface area contributed by atoms with Gasteiger partial charge in [0.25, 0.3) is 0 Å². The van der Waals surface area contributed by atoms with Crippen LogP contribution in [0.4, 0.5) is 4.39 Å². The van der Waals surface area contributed by atoms with Crippen LogP contribution in [0, 0.1) is 5.82 Å². The van der Waals surface area contributed by atoms with E-state index in [4.69, 9.17) is 16.3 Å². The van der Waals surface area contributed by atoms with Gasteiger partial charge >= 0.3 is 0 Å². The van der Waals surface area contributed by atoms with E-state index < -0.39 is 0 Å². The van der Waals surface area contributed by atoms with Crippen molar-refractivity contribution in [3.63, 3.8) is 0 Å². The standard InChI is InChI=1S/C19H18ClFO2/c1-12(2)16-11-17(20)19(23-3)18(15(16)5-4-10-22)13-6-8-14(21)9-7-13/h4-12H,1-3H3/b5-4+. The SMILES string of the molecule is COc1c(Cl)cc(C(C)C)c(/C=C/C=O)c1-c1ccc(F)cc1. The Bertz CT molecular complexity index is 734. The molecule has 0 N–H and O–H groups in total. The molecule has 0 saturated heterocycles. The van der Waals surface area contributed by atoms with Crippen molar-refractivity contribution < 1.29 is 13.9 Å². The number of ether oxygens (including phenoxy) is 1. The Morgan fingerprint density at radius 2 is 1.87 bits per heavy atom. The van der Waals surface area contributed by atoms with E-state index in [9.17, 15) is 9.18 Å². The number of hydrogen-bond acceptors (Lipinski definition) is 2. The van der Waals surface area contributed by atoms with Crippen molar-refractivity contribution in [1.82, 2.24) is 0 Å². The summed E-state index contributed by atoms with van der Waals surface area (Å²) < 4.78 is 18.7. The second kappa shape index (κ2) is 7.42. The van der Waals surface area contributed by atoms with E-state index in [0.29, 0.717) is 10.8 Å². The summed E-state index contributed by atoms with van der Waals surface area (Å²) in [5.74, 6) is 0.390. The predicted molar refractivity (Wildman–Crippen MR) is 92.6 cm³/mol. The molecule has 0 aliphatic rings. The van der Waals surface area contributed by atoms with Gasteiger partial charge in [0.2, 0.25) is 0 Å². The summed E-state index contributed by atoms with van der Waals surface area (Å²) in [4.78, 5) is 10.8. The normalized spacial score (nSPS) is 11.2. The predicted octanol–water partition coefficient (Wildman–Crippen LogP) is 5.49. The molecule has 2 nitrogen and oxygen atoms in total. The molecule has 0 unspecified atom stereocenters. The lowest BCUT2D eigenvalue weighted by molar-refractivity contribution is -0.104. The maximum absolute atomic E-state index is 13.3. The molecule has 120 valence electrons. The van der Waals surface area contributed by atoms with Gasteiger partial charge in [-0.3, -0.25) is 4.79 Å². The van der Waals surface area contributed by atoms with Gasteiger partial charge in [0.1, 0.15) is 17.9 Å². The maximum atomic E-state index is 13.3. The molecule has 0 fully saturated rings. The van der Waals surface area contributed by atoms with Gasteiger partial charge in [-0.1, -0.05) is 43.7 Å². The molecule has 23 heavy (non-hydrogen) atoms. The van der Waals surface area contributed by atoms with Gasteiger partial charge < -0.3 is 4.74 Å². The summed E-state index contributed by atoms with van der Waals surface area (Å²) in [6.45, 7) is 4.09. The third kappa shape index (κ3) is 3.62. The summed E-state index contributed by atoms with van der Waals surface area (Å²) in [5.41, 5.74) is 3.37. The molecule has 2 rings (SSSR count). The van der Waals surface area contributed by atoms with E-state index in [-0.39, 0.29) is 11.7 Å². The quantitative estimate of drug-likeness (QED) is 0.534. The second-order valence-electron chi connectivity index (χ2n) is 5.43. The van der Waals surface area contributed by atoms with Crippen LogP contribution in [0.5, 0.6) is 5.75 Å². The number of allylic oxidation sites excluding steroid dienone is 1. The fourth-order valence-electron chi connectivity index (χ4n) is 2.56. The molecule has 0 atom stereocenters. The number of halogens is 2. The molecular weight excluding hydrogens is 315 g/mol. The van der Waals surface area contributed by atoms with Crippen molar-refractivity contribution >= 4 is 24.0 Å². The molecule has 0 saturated carbocycles. The molecule has 0 aliphatic carbocycles. The first-order valence-electron chi connectivity index (χ1n) is 7.27. The number of carbonyl (C=O) groups excluding carboxylic acids is 1. The minimum Gasteiger partial charge on any atom is -0.495 e. The minimum atomic E-state index is -0.316. The zero-order valence-electron chi connectivity index (χ0n) is 13.3. The molecule has 2 aromatic rings. The van der Waals surface area contributed by atoms with Gasteiger partial charge in [0.05, 0.1) is 12.1 Å². The van der Waals surface area contributed by atoms with Gasteiger partial charge in [-0.25, -0.2) is 4.39 Å². The molecule has 4 heteroatoms. The molecule has 0 amide bonds. The Hall–Kier alpha value is -2.13. The second-order valence-corrected chi connectivity index (χ2v) is 5.83. The van der Waals surface area contributed by atoms with Crippen LogP contribution < -0.4 is 4.74 Å². The molecule has 0 heterocycles. The summed E-state index contributed by atoms with van der Waals surface area (Å²) in [6.07, 6.45) is 3.89. The van der Waals surface area contributed by atoms with Gasteiger partial charge in [-0.05, 0) is 46.9 Å². The van der Waals surface area contributed by atoms with Crippen LogP contribution in [0.3, 0.4) is 0 Å². The lowest BCUT2D eigenvalue weighted by Gasteiger charge is -2.20. The fraction of sp³-hybridized carbons (Fsp3) is 0.211. The smallest absolute Gasteiger partial charge is 0.145 e. The van der Waals surface area contributed by atoms with Crippen molar-refractivity contribution in [3.05, 3.63) is 58.4 Å². The average Bonchev–Trinajstić information content (AvgIpc) is 2.53. The van der Waals surface area contributed by atoms with Crippen LogP contribution in [0.15, 0.2) is 36.4 Å². The number of hydrogen-bond donors (Lipinski definition) is 0. The highest BCUT2D eigenvalue weighted by molar-refractivity contribution is 6.32. The summed E-state index contributed by atoms with van der Waals surface area (Å²) in [6, 6.07) is 7.97. The Balaban J connectivity index is 2.85. The van der Waals surface area contributed by atoms with Crippen molar-refractivity contribution in [2.75, 3.05) is 7.11 Å². The van der Waals surface area contributed by atoms with Crippen molar-refractivity contribution in [3.8, 4) is 16.9 Å². The average molecular weight is 333 g/mol. The third-order valence-corrected chi connectivity index (χ3v) is 3.89. The zero-order chi connectivity index (χ0) is 17.0. The van der Waals surface area contributed by atoms with E-state index >= 15 is 0 Å². The molecule has 0 bridgehead atoms. The highest BCUT2D eigenvalue weighted by atomic mass is 35.5. The summed E-state index contributed by atoms with van der Waals surface area (Å²) in [5, 5.41) is 0.485. The third-order valence-electron chi connectivity index (χ3n) is 3.61. The number of rotatable bonds is 5. The lowest BCUT2D eigenvalue weighted by Crippen LogP contribution is -2.00. The first-order valence-corrected chi connectivity index (χ1v) is 7.65. The first-order chi connectivity index (χ1) is 11.0. The molecule has 0 radical (unpaired) electrons. The highest BCUT2D eigenvalue weighted by Gasteiger charge is 2.19. The van der Waals surface area contributed by atoms with Gasteiger partial charge in [-0.15, -0.1) is 0 Å². The number of aldehydes is 1. The van der Waals surface area contributed by atoms with Gasteiger partial charge in [0.15, 0.2) is 0 Å². The van der Waals surface area contributed by atoms with Crippen molar-refractivity contribution in [1.29, 1.82) is 0 Å². The number of carbonyl (C=O) groups is 1. The van der Waals surface area contributed by atoms with E-state index in [1.165, 1.54) is 25.3 Å². The van der Waals surface area contributed by atoms with E-state index in [0.717, 1.165) is 28.5 Å². The van der Waals surface area contributed by atoms with Gasteiger partial charge in [-0.2, -0.15) is 0 Å². The van der Waals surface area contributed by atoms with E-state index in [2.05, 4.69) is 0 Å². The van der Waals surface area contributed by atoms with Crippen LogP contribution >= 0.6 is 11.6 Å². The van der Waals surface area contributed by atoms with Crippen molar-refractivity contribution in [2.24, 2.45) is 0 Å². The molecular formula is C19H18ClFO2.